The van der Waals surface area contributed by atoms with Crippen molar-refractivity contribution in [3.63, 3.8) is 0 Å². The van der Waals surface area contributed by atoms with E-state index in [-0.39, 0.29) is 0 Å². The predicted molar refractivity (Wildman–Crippen MR) is 79.0 cm³/mol. The lowest BCUT2D eigenvalue weighted by Crippen LogP contribution is -1.66. The van der Waals surface area contributed by atoms with Gasteiger partial charge in [0.2, 0.25) is 0 Å². The fourth-order valence-electron chi connectivity index (χ4n) is 1.67. The Morgan fingerprint density at radius 3 is 2.17 bits per heavy atom. The first-order valence-electron chi connectivity index (χ1n) is 5.31. The summed E-state index contributed by atoms with van der Waals surface area (Å²) in [6.45, 7) is 1.90. The molecule has 2 nitrogen and oxygen atoms in total. The van der Waals surface area contributed by atoms with E-state index in [1.54, 1.807) is 28.7 Å². The average molecular weight is 294 g/mol. The molecule has 3 rings (SSSR count). The van der Waals surface area contributed by atoms with Crippen LogP contribution in [0.25, 0.3) is 19.5 Å². The minimum absolute atomic E-state index is 0.328. The highest BCUT2D eigenvalue weighted by Crippen LogP contribution is 2.44. The van der Waals surface area contributed by atoms with Gasteiger partial charge in [0.05, 0.1) is 4.88 Å². The van der Waals surface area contributed by atoms with Gasteiger partial charge >= 0.3 is 0 Å². The molecule has 3 aromatic rings. The minimum atomic E-state index is 0.328. The smallest absolute Gasteiger partial charge is 0.171 e. The van der Waals surface area contributed by atoms with Crippen LogP contribution in [0.1, 0.15) is 5.56 Å². The Balaban J connectivity index is 2.01. The van der Waals surface area contributed by atoms with Crippen LogP contribution in [0.2, 0.25) is 0 Å². The fourth-order valence-corrected chi connectivity index (χ4v) is 4.58. The summed E-state index contributed by atoms with van der Waals surface area (Å²) in [5.74, 6) is 0.377. The van der Waals surface area contributed by atoms with Gasteiger partial charge in [-0.1, -0.05) is 11.3 Å². The van der Waals surface area contributed by atoms with Gasteiger partial charge < -0.3 is 10.2 Å². The van der Waals surface area contributed by atoms with Gasteiger partial charge in [0.1, 0.15) is 5.75 Å². The molecule has 0 amide bonds. The molecule has 18 heavy (non-hydrogen) atoms. The molecule has 0 spiro atoms. The molecule has 0 unspecified atom stereocenters. The number of rotatable bonds is 2. The third-order valence-corrected chi connectivity index (χ3v) is 6.04. The van der Waals surface area contributed by atoms with E-state index >= 15 is 0 Å². The second-order valence-corrected chi connectivity index (χ2v) is 6.92. The van der Waals surface area contributed by atoms with Gasteiger partial charge in [0.15, 0.2) is 5.06 Å². The summed E-state index contributed by atoms with van der Waals surface area (Å²) in [6.07, 6.45) is 0. The Morgan fingerprint density at radius 1 is 0.889 bits per heavy atom. The fraction of sp³-hybridized carbons (Fsp3) is 0.0769. The van der Waals surface area contributed by atoms with Crippen molar-refractivity contribution in [2.24, 2.45) is 0 Å². The van der Waals surface area contributed by atoms with Gasteiger partial charge in [0.25, 0.3) is 0 Å². The molecule has 5 heteroatoms. The molecule has 0 radical (unpaired) electrons. The van der Waals surface area contributed by atoms with Crippen LogP contribution in [0.15, 0.2) is 29.6 Å². The third-order valence-electron chi connectivity index (χ3n) is 2.61. The Kier molecular flexibility index (Phi) is 2.89. The maximum Gasteiger partial charge on any atom is 0.171 e. The van der Waals surface area contributed by atoms with E-state index in [1.807, 2.05) is 30.5 Å². The van der Waals surface area contributed by atoms with E-state index < -0.39 is 0 Å². The van der Waals surface area contributed by atoms with Crippen LogP contribution in [0.4, 0.5) is 0 Å². The van der Waals surface area contributed by atoms with Crippen molar-refractivity contribution in [1.29, 1.82) is 0 Å². The molecular weight excluding hydrogens is 284 g/mol. The van der Waals surface area contributed by atoms with E-state index in [2.05, 4.69) is 0 Å². The summed E-state index contributed by atoms with van der Waals surface area (Å²) in [6, 6.07) is 7.66. The summed E-state index contributed by atoms with van der Waals surface area (Å²) in [5.41, 5.74) is 0.915. The molecule has 0 atom stereocenters. The summed E-state index contributed by atoms with van der Waals surface area (Å²) >= 11 is 4.55. The topological polar surface area (TPSA) is 40.5 Å². The molecule has 0 saturated carbocycles. The highest BCUT2D eigenvalue weighted by Gasteiger charge is 2.13. The van der Waals surface area contributed by atoms with Crippen LogP contribution in [0.5, 0.6) is 10.8 Å². The van der Waals surface area contributed by atoms with Crippen LogP contribution in [-0.4, -0.2) is 10.2 Å². The van der Waals surface area contributed by atoms with Gasteiger partial charge in [-0.15, -0.1) is 22.7 Å². The third kappa shape index (κ3) is 1.94. The van der Waals surface area contributed by atoms with Crippen molar-refractivity contribution >= 4 is 34.0 Å². The predicted octanol–water partition coefficient (Wildman–Crippen LogP) is 4.92. The highest BCUT2D eigenvalue weighted by atomic mass is 32.1. The summed E-state index contributed by atoms with van der Waals surface area (Å²) in [5, 5.41) is 21.6. The zero-order valence-electron chi connectivity index (χ0n) is 9.51. The number of aryl methyl sites for hydroxylation is 1. The van der Waals surface area contributed by atoms with E-state index in [9.17, 15) is 10.2 Å². The van der Waals surface area contributed by atoms with Crippen LogP contribution in [0, 0.1) is 6.92 Å². The van der Waals surface area contributed by atoms with Crippen molar-refractivity contribution in [3.8, 4) is 30.3 Å². The minimum Gasteiger partial charge on any atom is -0.506 e. The number of hydrogen-bond donors (Lipinski definition) is 2. The van der Waals surface area contributed by atoms with E-state index in [1.165, 1.54) is 11.3 Å². The molecule has 92 valence electrons. The maximum atomic E-state index is 9.95. The molecule has 0 aliphatic rings. The first-order valence-corrected chi connectivity index (χ1v) is 7.83. The normalized spacial score (nSPS) is 10.9. The monoisotopic (exact) mass is 294 g/mol. The molecule has 0 aliphatic carbocycles. The van der Waals surface area contributed by atoms with Gasteiger partial charge in [0, 0.05) is 20.2 Å². The lowest BCUT2D eigenvalue weighted by Gasteiger charge is -1.94. The van der Waals surface area contributed by atoms with Crippen LogP contribution in [0.3, 0.4) is 0 Å². The van der Waals surface area contributed by atoms with Crippen molar-refractivity contribution in [1.82, 2.24) is 0 Å². The van der Waals surface area contributed by atoms with Crippen molar-refractivity contribution in [3.05, 3.63) is 35.2 Å². The lowest BCUT2D eigenvalue weighted by molar-refractivity contribution is 0.476. The zero-order valence-corrected chi connectivity index (χ0v) is 12.0. The van der Waals surface area contributed by atoms with Crippen molar-refractivity contribution in [2.75, 3.05) is 0 Å². The Bertz CT molecular complexity index is 691. The number of hydrogen-bond acceptors (Lipinski definition) is 5. The van der Waals surface area contributed by atoms with Crippen LogP contribution < -0.4 is 0 Å². The molecule has 0 fully saturated rings. The maximum absolute atomic E-state index is 9.95. The second kappa shape index (κ2) is 4.42. The zero-order chi connectivity index (χ0) is 12.7. The summed E-state index contributed by atoms with van der Waals surface area (Å²) in [4.78, 5) is 4.15. The van der Waals surface area contributed by atoms with Gasteiger partial charge in [-0.05, 0) is 36.6 Å². The van der Waals surface area contributed by atoms with Gasteiger partial charge in [-0.2, -0.15) is 0 Å². The van der Waals surface area contributed by atoms with E-state index in [0.717, 1.165) is 25.1 Å². The quantitative estimate of drug-likeness (QED) is 0.704. The largest absolute Gasteiger partial charge is 0.506 e. The standard InChI is InChI=1S/C13H10O2S3/c1-7-6-16-13(12(7)15)10-3-2-8(17-10)9-4-5-11(14)18-9/h2-6,14-15H,1H3. The average Bonchev–Trinajstić information content (AvgIpc) is 3.02. The summed E-state index contributed by atoms with van der Waals surface area (Å²) < 4.78 is 0. The second-order valence-electron chi connectivity index (χ2n) is 3.90. The van der Waals surface area contributed by atoms with Gasteiger partial charge in [-0.3, -0.25) is 0 Å². The van der Waals surface area contributed by atoms with Crippen LogP contribution in [-0.2, 0) is 0 Å². The SMILES string of the molecule is Cc1csc(-c2ccc(-c3ccc(O)s3)s2)c1O. The molecule has 0 aliphatic heterocycles. The molecule has 0 saturated heterocycles. The molecular formula is C13H10O2S3. The first-order chi connectivity index (χ1) is 8.65. The van der Waals surface area contributed by atoms with E-state index in [4.69, 9.17) is 0 Å². The molecule has 3 heterocycles. The highest BCUT2D eigenvalue weighted by molar-refractivity contribution is 7.26. The number of aromatic hydroxyl groups is 2. The Labute approximate surface area is 116 Å². The van der Waals surface area contributed by atoms with Crippen LogP contribution >= 0.6 is 34.0 Å². The lowest BCUT2D eigenvalue weighted by atomic mass is 10.3. The number of thiophene rings is 3. The summed E-state index contributed by atoms with van der Waals surface area (Å²) in [7, 11) is 0. The van der Waals surface area contributed by atoms with Crippen molar-refractivity contribution in [2.45, 2.75) is 6.92 Å². The first kappa shape index (κ1) is 11.8. The molecule has 0 aromatic carbocycles. The molecule has 0 bridgehead atoms. The van der Waals surface area contributed by atoms with Gasteiger partial charge in [-0.25, -0.2) is 0 Å². The molecule has 2 N–H and O–H groups in total. The van der Waals surface area contributed by atoms with E-state index in [0.29, 0.717) is 10.8 Å². The van der Waals surface area contributed by atoms with Crippen molar-refractivity contribution < 1.29 is 10.2 Å². The molecule has 3 aromatic heterocycles. The Hall–Kier alpha value is -1.30. The Morgan fingerprint density at radius 2 is 1.56 bits per heavy atom.